The van der Waals surface area contributed by atoms with Gasteiger partial charge in [0.25, 0.3) is 5.91 Å². The van der Waals surface area contributed by atoms with Gasteiger partial charge in [-0.15, -0.1) is 0 Å². The molecule has 0 bridgehead atoms. The summed E-state index contributed by atoms with van der Waals surface area (Å²) in [5.41, 5.74) is 3.65. The summed E-state index contributed by atoms with van der Waals surface area (Å²) >= 11 is 1.44. The fraction of sp³-hybridized carbons (Fsp3) is 0.222. The van der Waals surface area contributed by atoms with Crippen LogP contribution < -0.4 is 4.80 Å². The summed E-state index contributed by atoms with van der Waals surface area (Å²) in [5, 5.41) is 0. The average molecular weight is 374 g/mol. The predicted octanol–water partition coefficient (Wildman–Crippen LogP) is 3.00. The molecule has 0 unspecified atom stereocenters. The average Bonchev–Trinajstić information content (AvgIpc) is 2.87. The standard InChI is InChI=1S/C18H18N2O3S2/c1-11-8-9-15-16(12(11)2)20(3)18(24-15)19-17(21)13-6-5-7-14(10-13)25(4,22)23/h5-10H,1-4H3. The zero-order chi connectivity index (χ0) is 18.4. The minimum absolute atomic E-state index is 0.112. The van der Waals surface area contributed by atoms with Gasteiger partial charge in [-0.3, -0.25) is 4.79 Å². The Balaban J connectivity index is 2.13. The highest BCUT2D eigenvalue weighted by Crippen LogP contribution is 2.23. The Kier molecular flexibility index (Phi) is 4.38. The second-order valence-electron chi connectivity index (χ2n) is 6.01. The van der Waals surface area contributed by atoms with Gasteiger partial charge in [0.1, 0.15) is 0 Å². The van der Waals surface area contributed by atoms with Crippen molar-refractivity contribution in [2.75, 3.05) is 6.26 Å². The van der Waals surface area contributed by atoms with Gasteiger partial charge in [0, 0.05) is 18.9 Å². The SMILES string of the molecule is Cc1ccc2sc(=NC(=O)c3cccc(S(C)(=O)=O)c3)n(C)c2c1C. The Morgan fingerprint density at radius 1 is 1.16 bits per heavy atom. The molecule has 0 saturated heterocycles. The molecule has 1 aromatic heterocycles. The number of carbonyl (C=O) groups excluding carboxylic acids is 1. The first-order chi connectivity index (χ1) is 11.7. The van der Waals surface area contributed by atoms with Crippen LogP contribution in [0.4, 0.5) is 0 Å². The van der Waals surface area contributed by atoms with E-state index in [9.17, 15) is 13.2 Å². The van der Waals surface area contributed by atoms with Crippen LogP contribution in [0.1, 0.15) is 21.5 Å². The Hall–Kier alpha value is -2.25. The quantitative estimate of drug-likeness (QED) is 0.692. The number of rotatable bonds is 2. The number of amides is 1. The lowest BCUT2D eigenvalue weighted by Crippen LogP contribution is -2.14. The Morgan fingerprint density at radius 2 is 1.88 bits per heavy atom. The molecule has 0 spiro atoms. The molecular weight excluding hydrogens is 356 g/mol. The first-order valence-electron chi connectivity index (χ1n) is 7.63. The van der Waals surface area contributed by atoms with E-state index in [4.69, 9.17) is 0 Å². The van der Waals surface area contributed by atoms with Crippen molar-refractivity contribution in [1.29, 1.82) is 0 Å². The van der Waals surface area contributed by atoms with E-state index < -0.39 is 15.7 Å². The number of hydrogen-bond acceptors (Lipinski definition) is 4. The van der Waals surface area contributed by atoms with E-state index in [-0.39, 0.29) is 10.5 Å². The van der Waals surface area contributed by atoms with Crippen LogP contribution in [0.2, 0.25) is 0 Å². The van der Waals surface area contributed by atoms with Gasteiger partial charge in [0.15, 0.2) is 14.6 Å². The van der Waals surface area contributed by atoms with E-state index in [1.165, 1.54) is 29.0 Å². The molecule has 0 saturated carbocycles. The van der Waals surface area contributed by atoms with Gasteiger partial charge in [-0.25, -0.2) is 8.42 Å². The van der Waals surface area contributed by atoms with E-state index in [2.05, 4.69) is 11.1 Å². The van der Waals surface area contributed by atoms with Crippen molar-refractivity contribution in [3.8, 4) is 0 Å². The summed E-state index contributed by atoms with van der Waals surface area (Å²) < 4.78 is 26.3. The molecule has 0 fully saturated rings. The summed E-state index contributed by atoms with van der Waals surface area (Å²) in [4.78, 5) is 17.4. The molecule has 2 aromatic carbocycles. The number of aryl methyl sites for hydroxylation is 3. The smallest absolute Gasteiger partial charge is 0.279 e. The first-order valence-corrected chi connectivity index (χ1v) is 10.3. The van der Waals surface area contributed by atoms with Crippen molar-refractivity contribution in [3.05, 3.63) is 57.9 Å². The zero-order valence-corrected chi connectivity index (χ0v) is 16.0. The van der Waals surface area contributed by atoms with Crippen molar-refractivity contribution >= 4 is 37.3 Å². The van der Waals surface area contributed by atoms with E-state index >= 15 is 0 Å². The highest BCUT2D eigenvalue weighted by molar-refractivity contribution is 7.90. The molecule has 0 aliphatic heterocycles. The molecule has 0 radical (unpaired) electrons. The molecule has 5 nitrogen and oxygen atoms in total. The predicted molar refractivity (Wildman–Crippen MR) is 99.7 cm³/mol. The van der Waals surface area contributed by atoms with Gasteiger partial charge < -0.3 is 4.57 Å². The third-order valence-corrected chi connectivity index (χ3v) is 6.40. The summed E-state index contributed by atoms with van der Waals surface area (Å²) in [6, 6.07) is 10.0. The first kappa shape index (κ1) is 17.6. The number of hydrogen-bond donors (Lipinski definition) is 0. The third kappa shape index (κ3) is 3.29. The summed E-state index contributed by atoms with van der Waals surface area (Å²) in [6.07, 6.45) is 1.12. The number of benzene rings is 2. The monoisotopic (exact) mass is 374 g/mol. The molecule has 0 aliphatic carbocycles. The summed E-state index contributed by atoms with van der Waals surface area (Å²) in [7, 11) is -1.49. The molecule has 1 amide bonds. The maximum atomic E-state index is 12.5. The fourth-order valence-electron chi connectivity index (χ4n) is 2.65. The van der Waals surface area contributed by atoms with Gasteiger partial charge in [0.2, 0.25) is 0 Å². The van der Waals surface area contributed by atoms with Crippen molar-refractivity contribution in [1.82, 2.24) is 4.57 Å². The van der Waals surface area contributed by atoms with Crippen LogP contribution in [-0.2, 0) is 16.9 Å². The molecule has 0 atom stereocenters. The number of nitrogens with zero attached hydrogens (tertiary/aromatic N) is 2. The highest BCUT2D eigenvalue weighted by atomic mass is 32.2. The topological polar surface area (TPSA) is 68.5 Å². The lowest BCUT2D eigenvalue weighted by Gasteiger charge is -2.03. The van der Waals surface area contributed by atoms with Crippen LogP contribution in [0.3, 0.4) is 0 Å². The van der Waals surface area contributed by atoms with Crippen LogP contribution in [0.15, 0.2) is 46.3 Å². The van der Waals surface area contributed by atoms with Crippen molar-refractivity contribution in [2.24, 2.45) is 12.0 Å². The van der Waals surface area contributed by atoms with Crippen LogP contribution in [0.25, 0.3) is 10.2 Å². The second-order valence-corrected chi connectivity index (χ2v) is 9.04. The molecule has 7 heteroatoms. The van der Waals surface area contributed by atoms with Crippen molar-refractivity contribution in [2.45, 2.75) is 18.7 Å². The van der Waals surface area contributed by atoms with Crippen molar-refractivity contribution < 1.29 is 13.2 Å². The molecule has 0 aliphatic rings. The van der Waals surface area contributed by atoms with Gasteiger partial charge in [-0.2, -0.15) is 4.99 Å². The number of thiazole rings is 1. The molecule has 25 heavy (non-hydrogen) atoms. The number of carbonyl (C=O) groups is 1. The highest BCUT2D eigenvalue weighted by Gasteiger charge is 2.13. The fourth-order valence-corrected chi connectivity index (χ4v) is 4.39. The molecule has 0 N–H and O–H groups in total. The van der Waals surface area contributed by atoms with E-state index in [0.717, 1.165) is 22.0 Å². The zero-order valence-electron chi connectivity index (χ0n) is 14.4. The van der Waals surface area contributed by atoms with Crippen LogP contribution >= 0.6 is 11.3 Å². The Morgan fingerprint density at radius 3 is 2.56 bits per heavy atom. The van der Waals surface area contributed by atoms with E-state index in [1.807, 2.05) is 31.5 Å². The van der Waals surface area contributed by atoms with E-state index in [1.54, 1.807) is 12.1 Å². The Labute approximate surface area is 150 Å². The second kappa shape index (κ2) is 6.24. The molecule has 3 rings (SSSR count). The number of fused-ring (bicyclic) bond motifs is 1. The Bertz CT molecular complexity index is 1170. The summed E-state index contributed by atoms with van der Waals surface area (Å²) in [5.74, 6) is -0.456. The van der Waals surface area contributed by atoms with E-state index in [0.29, 0.717) is 4.80 Å². The largest absolute Gasteiger partial charge is 0.319 e. The van der Waals surface area contributed by atoms with Crippen LogP contribution in [-0.4, -0.2) is 25.1 Å². The minimum Gasteiger partial charge on any atom is -0.319 e. The van der Waals surface area contributed by atoms with Gasteiger partial charge in [0.05, 0.1) is 15.1 Å². The lowest BCUT2D eigenvalue weighted by atomic mass is 10.1. The normalized spacial score (nSPS) is 12.7. The lowest BCUT2D eigenvalue weighted by molar-refractivity contribution is 0.0997. The molecular formula is C18H18N2O3S2. The van der Waals surface area contributed by atoms with Gasteiger partial charge in [-0.05, 0) is 49.2 Å². The van der Waals surface area contributed by atoms with Crippen molar-refractivity contribution in [3.63, 3.8) is 0 Å². The molecule has 130 valence electrons. The van der Waals surface area contributed by atoms with Gasteiger partial charge in [-0.1, -0.05) is 23.5 Å². The molecule has 3 aromatic rings. The molecule has 1 heterocycles. The minimum atomic E-state index is -3.37. The summed E-state index contributed by atoms with van der Waals surface area (Å²) in [6.45, 7) is 4.09. The van der Waals surface area contributed by atoms with Crippen LogP contribution in [0, 0.1) is 13.8 Å². The maximum absolute atomic E-state index is 12.5. The third-order valence-electron chi connectivity index (χ3n) is 4.19. The number of sulfone groups is 1. The van der Waals surface area contributed by atoms with Crippen LogP contribution in [0.5, 0.6) is 0 Å². The maximum Gasteiger partial charge on any atom is 0.279 e. The number of aromatic nitrogens is 1. The van der Waals surface area contributed by atoms with Gasteiger partial charge >= 0.3 is 0 Å².